The smallest absolute Gasteiger partial charge is 0.324 e. The van der Waals surface area contributed by atoms with Crippen LogP contribution in [0.15, 0.2) is 24.3 Å². The number of carbonyl (C=O) groups is 1. The van der Waals surface area contributed by atoms with E-state index in [0.29, 0.717) is 18.8 Å². The van der Waals surface area contributed by atoms with E-state index in [1.807, 2.05) is 4.90 Å². The van der Waals surface area contributed by atoms with Gasteiger partial charge in [0.2, 0.25) is 0 Å². The van der Waals surface area contributed by atoms with Crippen LogP contribution in [-0.4, -0.2) is 56.5 Å². The third kappa shape index (κ3) is 3.33. The number of benzene rings is 1. The van der Waals surface area contributed by atoms with E-state index in [2.05, 4.69) is 0 Å². The van der Waals surface area contributed by atoms with Crippen LogP contribution in [0.3, 0.4) is 0 Å². The molecule has 126 valence electrons. The Balaban J connectivity index is 1.75. The average Bonchev–Trinajstić information content (AvgIpc) is 2.60. The second-order valence-corrected chi connectivity index (χ2v) is 6.16. The van der Waals surface area contributed by atoms with E-state index in [-0.39, 0.29) is 30.1 Å². The number of carbonyl (C=O) groups excluding carboxylic acids is 1. The van der Waals surface area contributed by atoms with E-state index in [0.717, 1.165) is 19.3 Å². The van der Waals surface area contributed by atoms with E-state index in [1.54, 1.807) is 31.2 Å². The molecule has 1 aliphatic carbocycles. The number of morpholine rings is 1. The van der Waals surface area contributed by atoms with Crippen LogP contribution in [-0.2, 0) is 9.47 Å². The van der Waals surface area contributed by atoms with Gasteiger partial charge in [-0.15, -0.1) is 0 Å². The summed E-state index contributed by atoms with van der Waals surface area (Å²) in [4.78, 5) is 16.3. The fourth-order valence-corrected chi connectivity index (χ4v) is 3.49. The molecular weight excluding hydrogens is 299 g/mol. The molecule has 6 heteroatoms. The molecule has 23 heavy (non-hydrogen) atoms. The summed E-state index contributed by atoms with van der Waals surface area (Å²) in [5.74, 6) is -0.309. The van der Waals surface area contributed by atoms with Gasteiger partial charge < -0.3 is 14.4 Å². The van der Waals surface area contributed by atoms with Crippen LogP contribution in [0.2, 0.25) is 0 Å². The zero-order valence-corrected chi connectivity index (χ0v) is 13.6. The minimum atomic E-state index is -0.309. The summed E-state index contributed by atoms with van der Waals surface area (Å²) < 4.78 is 24.4. The summed E-state index contributed by atoms with van der Waals surface area (Å²) >= 11 is 0. The quantitative estimate of drug-likeness (QED) is 0.840. The molecule has 2 amide bonds. The molecule has 2 fully saturated rings. The van der Waals surface area contributed by atoms with Crippen LogP contribution in [0.25, 0.3) is 0 Å². The van der Waals surface area contributed by atoms with Crippen LogP contribution in [0.1, 0.15) is 19.3 Å². The molecule has 1 saturated heterocycles. The standard InChI is InChI=1S/C17H23FN2O3/c1-19(13-5-3-12(18)4-6-13)17(21)20-9-10-23-16-8-7-14(22-2)11-15(16)20/h3-6,14-16H,7-11H2,1-2H3/t14-,15-,16-/m1/s1. The monoisotopic (exact) mass is 322 g/mol. The van der Waals surface area contributed by atoms with Gasteiger partial charge in [0, 0.05) is 26.4 Å². The third-order valence-electron chi connectivity index (χ3n) is 4.85. The Labute approximate surface area is 136 Å². The van der Waals surface area contributed by atoms with E-state index >= 15 is 0 Å². The Kier molecular flexibility index (Phi) is 4.82. The fourth-order valence-electron chi connectivity index (χ4n) is 3.49. The highest BCUT2D eigenvalue weighted by molar-refractivity contribution is 5.91. The Bertz CT molecular complexity index is 551. The lowest BCUT2D eigenvalue weighted by Gasteiger charge is -2.46. The predicted molar refractivity (Wildman–Crippen MR) is 85.1 cm³/mol. The van der Waals surface area contributed by atoms with Crippen molar-refractivity contribution in [3.63, 3.8) is 0 Å². The van der Waals surface area contributed by atoms with Gasteiger partial charge in [-0.25, -0.2) is 9.18 Å². The number of fused-ring (bicyclic) bond motifs is 1. The fraction of sp³-hybridized carbons (Fsp3) is 0.588. The molecule has 0 radical (unpaired) electrons. The number of halogens is 1. The Morgan fingerprint density at radius 2 is 2.09 bits per heavy atom. The highest BCUT2D eigenvalue weighted by Crippen LogP contribution is 2.31. The topological polar surface area (TPSA) is 42.0 Å². The summed E-state index contributed by atoms with van der Waals surface area (Å²) in [7, 11) is 3.43. The third-order valence-corrected chi connectivity index (χ3v) is 4.85. The molecule has 1 aliphatic heterocycles. The number of methoxy groups -OCH3 is 1. The number of urea groups is 1. The minimum Gasteiger partial charge on any atom is -0.381 e. The Morgan fingerprint density at radius 1 is 1.35 bits per heavy atom. The van der Waals surface area contributed by atoms with E-state index in [4.69, 9.17) is 9.47 Å². The lowest BCUT2D eigenvalue weighted by molar-refractivity contribution is -0.0976. The summed E-state index contributed by atoms with van der Waals surface area (Å²) in [5, 5.41) is 0. The van der Waals surface area contributed by atoms with Gasteiger partial charge in [-0.05, 0) is 43.5 Å². The lowest BCUT2D eigenvalue weighted by Crippen LogP contribution is -2.59. The lowest BCUT2D eigenvalue weighted by atomic mass is 9.88. The van der Waals surface area contributed by atoms with Crippen LogP contribution in [0.5, 0.6) is 0 Å². The maximum Gasteiger partial charge on any atom is 0.324 e. The SMILES string of the molecule is CO[C@@H]1CC[C@H]2OCCN(C(=O)N(C)c3ccc(F)cc3)[C@@H]2C1. The van der Waals surface area contributed by atoms with Crippen molar-refractivity contribution in [2.75, 3.05) is 32.2 Å². The Morgan fingerprint density at radius 3 is 2.78 bits per heavy atom. The van der Waals surface area contributed by atoms with E-state index in [9.17, 15) is 9.18 Å². The minimum absolute atomic E-state index is 0.0397. The largest absolute Gasteiger partial charge is 0.381 e. The molecule has 0 aromatic heterocycles. The number of amides is 2. The molecule has 1 heterocycles. The molecule has 2 aliphatic rings. The van der Waals surface area contributed by atoms with Crippen LogP contribution in [0, 0.1) is 5.82 Å². The molecule has 1 saturated carbocycles. The summed E-state index contributed by atoms with van der Waals surface area (Å²) in [6.07, 6.45) is 2.93. The molecule has 0 bridgehead atoms. The number of rotatable bonds is 2. The van der Waals surface area contributed by atoms with Crippen molar-refractivity contribution in [1.29, 1.82) is 0 Å². The van der Waals surface area contributed by atoms with E-state index in [1.165, 1.54) is 12.1 Å². The molecule has 0 N–H and O–H groups in total. The summed E-state index contributed by atoms with van der Waals surface area (Å²) in [6.45, 7) is 1.13. The highest BCUT2D eigenvalue weighted by atomic mass is 19.1. The van der Waals surface area contributed by atoms with Crippen molar-refractivity contribution >= 4 is 11.7 Å². The number of nitrogens with zero attached hydrogens (tertiary/aromatic N) is 2. The summed E-state index contributed by atoms with van der Waals surface area (Å²) in [5.41, 5.74) is 0.679. The maximum atomic E-state index is 13.1. The zero-order valence-electron chi connectivity index (χ0n) is 13.6. The van der Waals surface area contributed by atoms with Crippen LogP contribution in [0.4, 0.5) is 14.9 Å². The van der Waals surface area contributed by atoms with Crippen molar-refractivity contribution in [3.8, 4) is 0 Å². The first-order valence-electron chi connectivity index (χ1n) is 8.04. The van der Waals surface area contributed by atoms with Crippen molar-refractivity contribution in [2.24, 2.45) is 0 Å². The molecule has 1 aromatic carbocycles. The first-order valence-corrected chi connectivity index (χ1v) is 8.04. The van der Waals surface area contributed by atoms with Crippen molar-refractivity contribution in [3.05, 3.63) is 30.1 Å². The molecule has 3 atom stereocenters. The Hall–Kier alpha value is -1.66. The highest BCUT2D eigenvalue weighted by Gasteiger charge is 2.40. The summed E-state index contributed by atoms with van der Waals surface area (Å²) in [6, 6.07) is 5.92. The van der Waals surface area contributed by atoms with Crippen molar-refractivity contribution < 1.29 is 18.7 Å². The van der Waals surface area contributed by atoms with Crippen molar-refractivity contribution in [1.82, 2.24) is 4.90 Å². The molecule has 1 aromatic rings. The first-order chi connectivity index (χ1) is 11.1. The number of hydrogen-bond donors (Lipinski definition) is 0. The van der Waals surface area contributed by atoms with Crippen molar-refractivity contribution in [2.45, 2.75) is 37.5 Å². The second-order valence-electron chi connectivity index (χ2n) is 6.16. The van der Waals surface area contributed by atoms with Gasteiger partial charge in [-0.1, -0.05) is 0 Å². The van der Waals surface area contributed by atoms with Crippen LogP contribution >= 0.6 is 0 Å². The van der Waals surface area contributed by atoms with Gasteiger partial charge in [-0.2, -0.15) is 0 Å². The average molecular weight is 322 g/mol. The number of ether oxygens (including phenoxy) is 2. The van der Waals surface area contributed by atoms with Gasteiger partial charge in [0.05, 0.1) is 24.9 Å². The van der Waals surface area contributed by atoms with Gasteiger partial charge in [0.15, 0.2) is 0 Å². The second kappa shape index (κ2) is 6.84. The van der Waals surface area contributed by atoms with Gasteiger partial charge >= 0.3 is 6.03 Å². The molecule has 3 rings (SSSR count). The van der Waals surface area contributed by atoms with E-state index < -0.39 is 0 Å². The van der Waals surface area contributed by atoms with Crippen LogP contribution < -0.4 is 4.90 Å². The maximum absolute atomic E-state index is 13.1. The number of anilines is 1. The predicted octanol–water partition coefficient (Wildman–Crippen LogP) is 2.65. The van der Waals surface area contributed by atoms with Gasteiger partial charge in [0.1, 0.15) is 5.82 Å². The molecule has 0 unspecified atom stereocenters. The normalized spacial score (nSPS) is 27.4. The molecule has 0 spiro atoms. The molecular formula is C17H23FN2O3. The zero-order chi connectivity index (χ0) is 16.4. The molecule has 5 nitrogen and oxygen atoms in total. The van der Waals surface area contributed by atoms with Gasteiger partial charge in [-0.3, -0.25) is 4.90 Å². The van der Waals surface area contributed by atoms with Gasteiger partial charge in [0.25, 0.3) is 0 Å². The number of hydrogen-bond acceptors (Lipinski definition) is 3. The first kappa shape index (κ1) is 16.2.